The highest BCUT2D eigenvalue weighted by Crippen LogP contribution is 2.33. The van der Waals surface area contributed by atoms with Crippen LogP contribution in [0.5, 0.6) is 5.75 Å². The summed E-state index contributed by atoms with van der Waals surface area (Å²) >= 11 is 6.06. The quantitative estimate of drug-likeness (QED) is 0.729. The van der Waals surface area contributed by atoms with Crippen molar-refractivity contribution >= 4 is 28.3 Å². The Kier molecular flexibility index (Phi) is 3.50. The van der Waals surface area contributed by atoms with Gasteiger partial charge in [-0.2, -0.15) is 0 Å². The third-order valence-electron chi connectivity index (χ3n) is 3.17. The fourth-order valence-corrected chi connectivity index (χ4v) is 2.38. The highest BCUT2D eigenvalue weighted by molar-refractivity contribution is 6.33. The van der Waals surface area contributed by atoms with Crippen LogP contribution in [0.4, 0.5) is 5.69 Å². The number of nitrogens with zero attached hydrogens (tertiary/aromatic N) is 1. The van der Waals surface area contributed by atoms with Crippen LogP contribution in [0.2, 0.25) is 5.02 Å². The zero-order chi connectivity index (χ0) is 15.9. The van der Waals surface area contributed by atoms with Crippen LogP contribution in [0.3, 0.4) is 0 Å². The Morgan fingerprint density at radius 1 is 1.18 bits per heavy atom. The summed E-state index contributed by atoms with van der Waals surface area (Å²) in [6, 6.07) is 10.3. The molecule has 0 saturated carbocycles. The van der Waals surface area contributed by atoms with Crippen molar-refractivity contribution in [2.75, 3.05) is 5.23 Å². The van der Waals surface area contributed by atoms with Gasteiger partial charge in [0.15, 0.2) is 5.43 Å². The van der Waals surface area contributed by atoms with Gasteiger partial charge in [-0.1, -0.05) is 29.5 Å². The van der Waals surface area contributed by atoms with E-state index < -0.39 is 22.1 Å². The van der Waals surface area contributed by atoms with E-state index in [1.54, 1.807) is 24.3 Å². The summed E-state index contributed by atoms with van der Waals surface area (Å²) in [4.78, 5) is 12.2. The van der Waals surface area contributed by atoms with Gasteiger partial charge in [-0.15, -0.1) is 0 Å². The topological polar surface area (TPSA) is 99.8 Å². The van der Waals surface area contributed by atoms with Crippen LogP contribution in [0.15, 0.2) is 51.7 Å². The van der Waals surface area contributed by atoms with Gasteiger partial charge in [0.05, 0.1) is 10.4 Å². The highest BCUT2D eigenvalue weighted by Gasteiger charge is 2.11. The molecular weight excluding hydrogens is 310 g/mol. The second-order valence-corrected chi connectivity index (χ2v) is 4.92. The minimum absolute atomic E-state index is 0.0121. The first kappa shape index (κ1) is 14.4. The Bertz CT molecular complexity index is 919. The molecule has 0 unspecified atom stereocenters. The Hall–Kier alpha value is -2.54. The van der Waals surface area contributed by atoms with E-state index in [1.807, 2.05) is 0 Å². The summed E-state index contributed by atoms with van der Waals surface area (Å²) in [7, 11) is 0. The first-order valence-corrected chi connectivity index (χ1v) is 6.56. The molecule has 1 N–H and O–H groups in total. The van der Waals surface area contributed by atoms with Gasteiger partial charge in [-0.25, -0.2) is 0 Å². The van der Waals surface area contributed by atoms with E-state index in [2.05, 4.69) is 0 Å². The third-order valence-corrected chi connectivity index (χ3v) is 3.50. The summed E-state index contributed by atoms with van der Waals surface area (Å²) in [5.74, 6) is -0.687. The first-order chi connectivity index (χ1) is 10.5. The summed E-state index contributed by atoms with van der Waals surface area (Å²) in [6.45, 7) is 0. The predicted octanol–water partition coefficient (Wildman–Crippen LogP) is 2.88. The Morgan fingerprint density at radius 3 is 2.59 bits per heavy atom. The number of anilines is 1. The van der Waals surface area contributed by atoms with E-state index in [1.165, 1.54) is 6.07 Å². The summed E-state index contributed by atoms with van der Waals surface area (Å²) in [5.41, 5.74) is -0.652. The molecule has 1 heterocycles. The molecule has 0 aliphatic carbocycles. The smallest absolute Gasteiger partial charge is 0.192 e. The lowest BCUT2D eigenvalue weighted by atomic mass is 10.1. The third kappa shape index (κ3) is 2.29. The normalized spacial score (nSPS) is 10.9. The fraction of sp³-hybridized carbons (Fsp3) is 0. The van der Waals surface area contributed by atoms with Gasteiger partial charge in [0.2, 0.25) is 0 Å². The molecule has 0 aliphatic rings. The largest absolute Gasteiger partial charge is 0.870 e. The number of halogens is 1. The number of hydrogen-bond donors (Lipinski definition) is 1. The van der Waals surface area contributed by atoms with E-state index in [0.717, 1.165) is 12.1 Å². The molecule has 7 heteroatoms. The average molecular weight is 318 g/mol. The number of benzene rings is 2. The number of rotatable bonds is 2. The molecule has 3 aromatic rings. The van der Waals surface area contributed by atoms with E-state index in [0.29, 0.717) is 10.6 Å². The summed E-state index contributed by atoms with van der Waals surface area (Å²) < 4.78 is 5.54. The van der Waals surface area contributed by atoms with E-state index in [-0.39, 0.29) is 16.7 Å². The monoisotopic (exact) mass is 317 g/mol. The first-order valence-electron chi connectivity index (χ1n) is 6.18. The molecule has 0 radical (unpaired) electrons. The minimum atomic E-state index is -0.894. The van der Waals surface area contributed by atoms with Crippen molar-refractivity contribution in [3.63, 3.8) is 0 Å². The molecule has 3 rings (SSSR count). The van der Waals surface area contributed by atoms with Crippen LogP contribution >= 0.6 is 11.6 Å². The van der Waals surface area contributed by atoms with Crippen molar-refractivity contribution in [1.29, 1.82) is 0 Å². The molecule has 0 atom stereocenters. The van der Waals surface area contributed by atoms with Gasteiger partial charge in [0.1, 0.15) is 11.3 Å². The Morgan fingerprint density at radius 2 is 1.91 bits per heavy atom. The average Bonchev–Trinajstić information content (AvgIpc) is 2.47. The lowest BCUT2D eigenvalue weighted by Crippen LogP contribution is -2.13. The highest BCUT2D eigenvalue weighted by atomic mass is 35.5. The maximum Gasteiger partial charge on any atom is 0.192 e. The van der Waals surface area contributed by atoms with Crippen molar-refractivity contribution < 1.29 is 14.7 Å². The maximum absolute atomic E-state index is 12.2. The van der Waals surface area contributed by atoms with Gasteiger partial charge in [-0.05, 0) is 24.3 Å². The van der Waals surface area contributed by atoms with Crippen molar-refractivity contribution in [3.8, 4) is 17.1 Å². The molecule has 0 spiro atoms. The van der Waals surface area contributed by atoms with Crippen molar-refractivity contribution in [2.24, 2.45) is 0 Å². The van der Waals surface area contributed by atoms with Gasteiger partial charge < -0.3 is 20.0 Å². The van der Waals surface area contributed by atoms with Crippen molar-refractivity contribution in [1.82, 2.24) is 0 Å². The van der Waals surface area contributed by atoms with Gasteiger partial charge in [0, 0.05) is 17.3 Å². The van der Waals surface area contributed by atoms with E-state index in [4.69, 9.17) is 21.2 Å². The number of hydrogen-bond acceptors (Lipinski definition) is 6. The molecule has 0 bridgehead atoms. The Labute approximate surface area is 128 Å². The van der Waals surface area contributed by atoms with Gasteiger partial charge >= 0.3 is 0 Å². The van der Waals surface area contributed by atoms with Gasteiger partial charge in [0.25, 0.3) is 0 Å². The van der Waals surface area contributed by atoms with Crippen LogP contribution in [0.25, 0.3) is 22.3 Å². The molecule has 22 heavy (non-hydrogen) atoms. The summed E-state index contributed by atoms with van der Waals surface area (Å²) in [5, 5.41) is 31.3. The van der Waals surface area contributed by atoms with Crippen LogP contribution < -0.4 is 15.8 Å². The van der Waals surface area contributed by atoms with E-state index >= 15 is 0 Å². The van der Waals surface area contributed by atoms with Crippen LogP contribution in [-0.2, 0) is 0 Å². The minimum Gasteiger partial charge on any atom is -0.870 e. The summed E-state index contributed by atoms with van der Waals surface area (Å²) in [6.07, 6.45) is 0. The second kappa shape index (κ2) is 5.34. The zero-order valence-electron chi connectivity index (χ0n) is 10.9. The zero-order valence-corrected chi connectivity index (χ0v) is 11.7. The molecule has 1 aromatic heterocycles. The maximum atomic E-state index is 12.2. The second-order valence-electron chi connectivity index (χ2n) is 4.51. The molecule has 0 fully saturated rings. The Balaban J connectivity index is 2.30. The van der Waals surface area contributed by atoms with E-state index in [9.17, 15) is 15.1 Å². The van der Waals surface area contributed by atoms with Crippen LogP contribution in [-0.4, -0.2) is 5.21 Å². The predicted molar refractivity (Wildman–Crippen MR) is 80.0 cm³/mol. The molecule has 112 valence electrons. The fourth-order valence-electron chi connectivity index (χ4n) is 2.16. The SMILES string of the molecule is O=c1cc(-c2ccccc2Cl)oc2ccc(N([O-])O)c([O-])c12. The molecule has 0 saturated heterocycles. The molecule has 2 aromatic carbocycles. The van der Waals surface area contributed by atoms with Crippen molar-refractivity contribution in [3.05, 3.63) is 62.9 Å². The molecule has 0 amide bonds. The van der Waals surface area contributed by atoms with Crippen LogP contribution in [0, 0.1) is 5.21 Å². The molecule has 6 nitrogen and oxygen atoms in total. The lowest BCUT2D eigenvalue weighted by Gasteiger charge is -2.27. The standard InChI is InChI=1S/C15H9ClNO5/c16-9-4-2-1-3-8(9)13-7-11(18)14-12(22-13)6-5-10(15(14)19)17(20)21/h1-7,19-20H/q-1/p-1. The van der Waals surface area contributed by atoms with Crippen LogP contribution in [0.1, 0.15) is 0 Å². The lowest BCUT2D eigenvalue weighted by molar-refractivity contribution is -0.265. The van der Waals surface area contributed by atoms with Crippen molar-refractivity contribution in [2.45, 2.75) is 0 Å². The molecular formula is C15H8ClNO5-2. The van der Waals surface area contributed by atoms with Gasteiger partial charge in [-0.3, -0.25) is 10.0 Å². The molecule has 0 aliphatic heterocycles. The number of fused-ring (bicyclic) bond motifs is 1.